The molecule has 0 bridgehead atoms. The number of nitrogens with one attached hydrogen (secondary N) is 1. The number of nitrogens with zero attached hydrogens (tertiary/aromatic N) is 1. The van der Waals surface area contributed by atoms with Gasteiger partial charge < -0.3 is 10.1 Å². The Morgan fingerprint density at radius 1 is 1.29 bits per heavy atom. The molecule has 2 unspecified atom stereocenters. The standard InChI is InChI=1S/C14H28N2O/c1-12(8-10-17-2)16(14-6-7-14)11-13-5-3-4-9-15-13/h12-15H,3-11H2,1-2H3. The van der Waals surface area contributed by atoms with E-state index in [4.69, 9.17) is 4.74 Å². The zero-order valence-electron chi connectivity index (χ0n) is 11.5. The van der Waals surface area contributed by atoms with Crippen LogP contribution in [0.25, 0.3) is 0 Å². The molecule has 3 nitrogen and oxygen atoms in total. The molecule has 2 rings (SSSR count). The van der Waals surface area contributed by atoms with Crippen LogP contribution in [-0.2, 0) is 4.74 Å². The van der Waals surface area contributed by atoms with E-state index in [1.54, 1.807) is 7.11 Å². The normalized spacial score (nSPS) is 27.4. The van der Waals surface area contributed by atoms with Gasteiger partial charge in [0.1, 0.15) is 0 Å². The second-order valence-electron chi connectivity index (χ2n) is 5.71. The van der Waals surface area contributed by atoms with Gasteiger partial charge in [-0.15, -0.1) is 0 Å². The topological polar surface area (TPSA) is 24.5 Å². The number of hydrogen-bond acceptors (Lipinski definition) is 3. The molecule has 1 saturated carbocycles. The van der Waals surface area contributed by atoms with Gasteiger partial charge >= 0.3 is 0 Å². The minimum atomic E-state index is 0.672. The second kappa shape index (κ2) is 6.72. The summed E-state index contributed by atoms with van der Waals surface area (Å²) in [4.78, 5) is 2.72. The fraction of sp³-hybridized carbons (Fsp3) is 1.00. The van der Waals surface area contributed by atoms with Crippen molar-refractivity contribution in [3.05, 3.63) is 0 Å². The first-order valence-corrected chi connectivity index (χ1v) is 7.29. The summed E-state index contributed by atoms with van der Waals surface area (Å²) >= 11 is 0. The number of methoxy groups -OCH3 is 1. The Morgan fingerprint density at radius 2 is 2.12 bits per heavy atom. The molecule has 1 aliphatic heterocycles. The van der Waals surface area contributed by atoms with Crippen molar-refractivity contribution in [1.29, 1.82) is 0 Å². The molecule has 2 fully saturated rings. The highest BCUT2D eigenvalue weighted by Crippen LogP contribution is 2.30. The average Bonchev–Trinajstić information content (AvgIpc) is 3.18. The van der Waals surface area contributed by atoms with E-state index in [1.807, 2.05) is 0 Å². The Morgan fingerprint density at radius 3 is 2.71 bits per heavy atom. The lowest BCUT2D eigenvalue weighted by Gasteiger charge is -2.34. The van der Waals surface area contributed by atoms with Crippen molar-refractivity contribution in [1.82, 2.24) is 10.2 Å². The lowest BCUT2D eigenvalue weighted by atomic mass is 10.0. The van der Waals surface area contributed by atoms with Crippen LogP contribution >= 0.6 is 0 Å². The predicted molar refractivity (Wildman–Crippen MR) is 71.3 cm³/mol. The molecule has 0 aromatic heterocycles. The molecule has 1 aliphatic carbocycles. The zero-order chi connectivity index (χ0) is 12.1. The molecule has 1 N–H and O–H groups in total. The highest BCUT2D eigenvalue weighted by Gasteiger charge is 2.33. The van der Waals surface area contributed by atoms with Gasteiger partial charge in [0, 0.05) is 38.4 Å². The van der Waals surface area contributed by atoms with Gasteiger partial charge in [-0.05, 0) is 45.6 Å². The molecular weight excluding hydrogens is 212 g/mol. The summed E-state index contributed by atoms with van der Waals surface area (Å²) in [6, 6.07) is 2.27. The van der Waals surface area contributed by atoms with E-state index < -0.39 is 0 Å². The summed E-state index contributed by atoms with van der Waals surface area (Å²) < 4.78 is 5.21. The molecule has 1 heterocycles. The highest BCUT2D eigenvalue weighted by molar-refractivity contribution is 4.90. The molecule has 0 aromatic rings. The van der Waals surface area contributed by atoms with Crippen molar-refractivity contribution >= 4 is 0 Å². The molecule has 0 aromatic carbocycles. The minimum Gasteiger partial charge on any atom is -0.385 e. The van der Waals surface area contributed by atoms with Crippen molar-refractivity contribution in [2.45, 2.75) is 63.6 Å². The van der Waals surface area contributed by atoms with Crippen LogP contribution < -0.4 is 5.32 Å². The van der Waals surface area contributed by atoms with Gasteiger partial charge in [0.15, 0.2) is 0 Å². The van der Waals surface area contributed by atoms with Crippen molar-refractivity contribution in [2.24, 2.45) is 0 Å². The van der Waals surface area contributed by atoms with Gasteiger partial charge in [0.25, 0.3) is 0 Å². The van der Waals surface area contributed by atoms with E-state index in [2.05, 4.69) is 17.1 Å². The molecule has 2 atom stereocenters. The third-order valence-electron chi connectivity index (χ3n) is 4.17. The molecule has 100 valence electrons. The zero-order valence-corrected chi connectivity index (χ0v) is 11.5. The molecule has 0 spiro atoms. The van der Waals surface area contributed by atoms with Gasteiger partial charge in [-0.2, -0.15) is 0 Å². The lowest BCUT2D eigenvalue weighted by molar-refractivity contribution is 0.120. The molecule has 0 amide bonds. The van der Waals surface area contributed by atoms with Crippen LogP contribution in [0.15, 0.2) is 0 Å². The third kappa shape index (κ3) is 4.23. The molecule has 3 heteroatoms. The predicted octanol–water partition coefficient (Wildman–Crippen LogP) is 2.02. The van der Waals surface area contributed by atoms with Gasteiger partial charge in [-0.3, -0.25) is 4.90 Å². The van der Waals surface area contributed by atoms with Crippen LogP contribution in [0.5, 0.6) is 0 Å². The van der Waals surface area contributed by atoms with E-state index in [9.17, 15) is 0 Å². The van der Waals surface area contributed by atoms with E-state index in [0.29, 0.717) is 6.04 Å². The fourth-order valence-corrected chi connectivity index (χ4v) is 2.88. The quantitative estimate of drug-likeness (QED) is 0.737. The Kier molecular flexibility index (Phi) is 5.26. The van der Waals surface area contributed by atoms with Crippen molar-refractivity contribution in [2.75, 3.05) is 26.8 Å². The number of rotatable bonds is 7. The van der Waals surface area contributed by atoms with Crippen LogP contribution in [0.2, 0.25) is 0 Å². The van der Waals surface area contributed by atoms with Gasteiger partial charge in [-0.25, -0.2) is 0 Å². The van der Waals surface area contributed by atoms with Crippen molar-refractivity contribution in [3.8, 4) is 0 Å². The first-order chi connectivity index (χ1) is 8.31. The van der Waals surface area contributed by atoms with Gasteiger partial charge in [0.05, 0.1) is 0 Å². The number of hydrogen-bond donors (Lipinski definition) is 1. The van der Waals surface area contributed by atoms with Crippen LogP contribution in [-0.4, -0.2) is 49.8 Å². The van der Waals surface area contributed by atoms with Crippen LogP contribution in [0, 0.1) is 0 Å². The second-order valence-corrected chi connectivity index (χ2v) is 5.71. The Labute approximate surface area is 106 Å². The van der Waals surface area contributed by atoms with Crippen molar-refractivity contribution < 1.29 is 4.74 Å². The molecule has 17 heavy (non-hydrogen) atoms. The summed E-state index contributed by atoms with van der Waals surface area (Å²) in [6.45, 7) is 5.72. The van der Waals surface area contributed by atoms with Crippen molar-refractivity contribution in [3.63, 3.8) is 0 Å². The summed E-state index contributed by atoms with van der Waals surface area (Å²) in [5.74, 6) is 0. The first-order valence-electron chi connectivity index (χ1n) is 7.29. The minimum absolute atomic E-state index is 0.672. The maximum atomic E-state index is 5.21. The lowest BCUT2D eigenvalue weighted by Crippen LogP contribution is -2.47. The Bertz CT molecular complexity index is 212. The van der Waals surface area contributed by atoms with Crippen LogP contribution in [0.3, 0.4) is 0 Å². The van der Waals surface area contributed by atoms with Gasteiger partial charge in [-0.1, -0.05) is 6.42 Å². The van der Waals surface area contributed by atoms with E-state index in [-0.39, 0.29) is 0 Å². The van der Waals surface area contributed by atoms with Crippen LogP contribution in [0.1, 0.15) is 45.4 Å². The fourth-order valence-electron chi connectivity index (χ4n) is 2.88. The third-order valence-corrected chi connectivity index (χ3v) is 4.17. The summed E-state index contributed by atoms with van der Waals surface area (Å²) in [5.41, 5.74) is 0. The summed E-state index contributed by atoms with van der Waals surface area (Å²) in [5, 5.41) is 3.67. The molecule has 1 saturated heterocycles. The Balaban J connectivity index is 1.78. The molecular formula is C14H28N2O. The molecule has 0 radical (unpaired) electrons. The van der Waals surface area contributed by atoms with E-state index >= 15 is 0 Å². The SMILES string of the molecule is COCCC(C)N(CC1CCCCN1)C1CC1. The van der Waals surface area contributed by atoms with E-state index in [1.165, 1.54) is 51.6 Å². The van der Waals surface area contributed by atoms with E-state index in [0.717, 1.165) is 18.7 Å². The van der Waals surface area contributed by atoms with Crippen LogP contribution in [0.4, 0.5) is 0 Å². The monoisotopic (exact) mass is 240 g/mol. The number of piperidine rings is 1. The summed E-state index contributed by atoms with van der Waals surface area (Å²) in [7, 11) is 1.80. The smallest absolute Gasteiger partial charge is 0.0477 e. The Hall–Kier alpha value is -0.120. The number of ether oxygens (including phenoxy) is 1. The maximum Gasteiger partial charge on any atom is 0.0477 e. The largest absolute Gasteiger partial charge is 0.385 e. The first kappa shape index (κ1) is 13.3. The molecule has 2 aliphatic rings. The van der Waals surface area contributed by atoms with Gasteiger partial charge in [0.2, 0.25) is 0 Å². The maximum absolute atomic E-state index is 5.21. The average molecular weight is 240 g/mol. The highest BCUT2D eigenvalue weighted by atomic mass is 16.5. The summed E-state index contributed by atoms with van der Waals surface area (Å²) in [6.07, 6.45) is 8.11.